The number of nitrogens with zero attached hydrogens (tertiary/aromatic N) is 2. The Hall–Kier alpha value is -2.54. The summed E-state index contributed by atoms with van der Waals surface area (Å²) in [7, 11) is 1.47. The first kappa shape index (κ1) is 15.4. The number of nitrogens with one attached hydrogen (secondary N) is 1. The summed E-state index contributed by atoms with van der Waals surface area (Å²) in [5.41, 5.74) is 0.703. The van der Waals surface area contributed by atoms with E-state index in [1.54, 1.807) is 29.3 Å². The van der Waals surface area contributed by atoms with E-state index in [2.05, 4.69) is 9.88 Å². The summed E-state index contributed by atoms with van der Waals surface area (Å²) < 4.78 is 10.1. The number of aromatic nitrogens is 1. The smallest absolute Gasteiger partial charge is 0.289 e. The topological polar surface area (TPSA) is 78.8 Å². The summed E-state index contributed by atoms with van der Waals surface area (Å²) in [4.78, 5) is 31.0. The quantitative estimate of drug-likeness (QED) is 0.908. The average molecular weight is 317 g/mol. The Kier molecular flexibility index (Phi) is 4.47. The molecule has 0 saturated carbocycles. The standard InChI is InChI=1S/C16H19N3O4/c1-22-15-10-17-12(9-13(15)20)11-18-4-6-19(7-5-18)16(21)14-3-2-8-23-14/h2-3,8-10H,4-7,11H2,1H3,(H,17,20). The summed E-state index contributed by atoms with van der Waals surface area (Å²) in [6.45, 7) is 3.42. The maximum absolute atomic E-state index is 12.2. The molecule has 23 heavy (non-hydrogen) atoms. The molecule has 1 saturated heterocycles. The molecule has 1 N–H and O–H groups in total. The molecule has 0 aliphatic carbocycles. The third-order valence-corrected chi connectivity index (χ3v) is 3.94. The number of carbonyl (C=O) groups is 1. The third kappa shape index (κ3) is 3.45. The van der Waals surface area contributed by atoms with Crippen molar-refractivity contribution in [1.82, 2.24) is 14.8 Å². The van der Waals surface area contributed by atoms with E-state index in [9.17, 15) is 9.59 Å². The summed E-state index contributed by atoms with van der Waals surface area (Å²) in [5.74, 6) is 0.605. The Morgan fingerprint density at radius 1 is 1.35 bits per heavy atom. The normalized spacial score (nSPS) is 15.6. The molecule has 0 spiro atoms. The van der Waals surface area contributed by atoms with Crippen molar-refractivity contribution in [2.75, 3.05) is 33.3 Å². The number of H-pyrrole nitrogens is 1. The van der Waals surface area contributed by atoms with Gasteiger partial charge in [-0.1, -0.05) is 0 Å². The highest BCUT2D eigenvalue weighted by molar-refractivity contribution is 5.91. The molecule has 122 valence electrons. The minimum atomic E-state index is -0.132. The number of piperazine rings is 1. The van der Waals surface area contributed by atoms with Gasteiger partial charge in [0.2, 0.25) is 5.43 Å². The zero-order valence-corrected chi connectivity index (χ0v) is 12.9. The fourth-order valence-electron chi connectivity index (χ4n) is 2.66. The summed E-state index contributed by atoms with van der Waals surface area (Å²) in [5, 5.41) is 0. The van der Waals surface area contributed by atoms with Crippen LogP contribution in [0, 0.1) is 0 Å². The van der Waals surface area contributed by atoms with Crippen LogP contribution >= 0.6 is 0 Å². The Labute approximate surface area is 133 Å². The molecule has 3 rings (SSSR count). The molecular formula is C16H19N3O4. The molecule has 0 atom stereocenters. The van der Waals surface area contributed by atoms with Gasteiger partial charge in [-0.25, -0.2) is 0 Å². The van der Waals surface area contributed by atoms with Crippen LogP contribution in [-0.4, -0.2) is 54.0 Å². The molecule has 1 aliphatic heterocycles. The van der Waals surface area contributed by atoms with Crippen LogP contribution in [0.1, 0.15) is 16.2 Å². The number of methoxy groups -OCH3 is 1. The van der Waals surface area contributed by atoms with Gasteiger partial charge in [-0.3, -0.25) is 14.5 Å². The lowest BCUT2D eigenvalue weighted by Crippen LogP contribution is -2.48. The van der Waals surface area contributed by atoms with Gasteiger partial charge in [0.05, 0.1) is 13.4 Å². The van der Waals surface area contributed by atoms with Gasteiger partial charge in [-0.2, -0.15) is 0 Å². The minimum absolute atomic E-state index is 0.0764. The first-order chi connectivity index (χ1) is 11.2. The van der Waals surface area contributed by atoms with E-state index in [1.165, 1.54) is 13.4 Å². The molecular weight excluding hydrogens is 298 g/mol. The lowest BCUT2D eigenvalue weighted by molar-refractivity contribution is 0.0596. The van der Waals surface area contributed by atoms with Gasteiger partial charge >= 0.3 is 0 Å². The van der Waals surface area contributed by atoms with Crippen LogP contribution < -0.4 is 10.2 Å². The number of furan rings is 1. The molecule has 0 aromatic carbocycles. The first-order valence-corrected chi connectivity index (χ1v) is 7.48. The Balaban J connectivity index is 1.56. The number of rotatable bonds is 4. The van der Waals surface area contributed by atoms with Gasteiger partial charge in [-0.15, -0.1) is 0 Å². The predicted octanol–water partition coefficient (Wildman–Crippen LogP) is 0.934. The second-order valence-corrected chi connectivity index (χ2v) is 5.44. The summed E-state index contributed by atoms with van der Waals surface area (Å²) >= 11 is 0. The zero-order chi connectivity index (χ0) is 16.2. The summed E-state index contributed by atoms with van der Waals surface area (Å²) in [6.07, 6.45) is 3.08. The van der Waals surface area contributed by atoms with Gasteiger partial charge in [-0.05, 0) is 12.1 Å². The number of ether oxygens (including phenoxy) is 1. The minimum Gasteiger partial charge on any atom is -0.491 e. The highest BCUT2D eigenvalue weighted by Crippen LogP contribution is 2.11. The predicted molar refractivity (Wildman–Crippen MR) is 83.5 cm³/mol. The molecule has 2 aromatic rings. The van der Waals surface area contributed by atoms with Crippen LogP contribution in [0.2, 0.25) is 0 Å². The van der Waals surface area contributed by atoms with Crippen molar-refractivity contribution in [3.8, 4) is 5.75 Å². The van der Waals surface area contributed by atoms with E-state index < -0.39 is 0 Å². The molecule has 1 aliphatic rings. The van der Waals surface area contributed by atoms with E-state index in [1.807, 2.05) is 0 Å². The molecule has 1 amide bonds. The molecule has 0 unspecified atom stereocenters. The van der Waals surface area contributed by atoms with Gasteiger partial charge < -0.3 is 19.0 Å². The van der Waals surface area contributed by atoms with E-state index in [-0.39, 0.29) is 11.3 Å². The maximum atomic E-state index is 12.2. The molecule has 0 bridgehead atoms. The van der Waals surface area contributed by atoms with Crippen LogP contribution in [0.3, 0.4) is 0 Å². The monoisotopic (exact) mass is 317 g/mol. The largest absolute Gasteiger partial charge is 0.491 e. The van der Waals surface area contributed by atoms with Gasteiger partial charge in [0.1, 0.15) is 0 Å². The fraction of sp³-hybridized carbons (Fsp3) is 0.375. The van der Waals surface area contributed by atoms with Crippen molar-refractivity contribution in [1.29, 1.82) is 0 Å². The lowest BCUT2D eigenvalue weighted by Gasteiger charge is -2.34. The van der Waals surface area contributed by atoms with Gasteiger partial charge in [0, 0.05) is 50.7 Å². The summed E-state index contributed by atoms with van der Waals surface area (Å²) in [6, 6.07) is 4.94. The number of carbonyl (C=O) groups excluding carboxylic acids is 1. The van der Waals surface area contributed by atoms with Crippen LogP contribution in [-0.2, 0) is 6.54 Å². The van der Waals surface area contributed by atoms with Crippen molar-refractivity contribution < 1.29 is 13.9 Å². The van der Waals surface area contributed by atoms with Crippen molar-refractivity contribution in [3.63, 3.8) is 0 Å². The van der Waals surface area contributed by atoms with Crippen molar-refractivity contribution in [3.05, 3.63) is 52.3 Å². The molecule has 7 nitrogen and oxygen atoms in total. The van der Waals surface area contributed by atoms with Gasteiger partial charge in [0.25, 0.3) is 5.91 Å². The fourth-order valence-corrected chi connectivity index (χ4v) is 2.66. The average Bonchev–Trinajstić information content (AvgIpc) is 3.09. The van der Waals surface area contributed by atoms with E-state index >= 15 is 0 Å². The number of pyridine rings is 1. The third-order valence-electron chi connectivity index (χ3n) is 3.94. The number of hydrogen-bond acceptors (Lipinski definition) is 5. The first-order valence-electron chi connectivity index (χ1n) is 7.48. The highest BCUT2D eigenvalue weighted by Gasteiger charge is 2.23. The van der Waals surface area contributed by atoms with Gasteiger partial charge in [0.15, 0.2) is 11.5 Å². The number of amides is 1. The molecule has 1 fully saturated rings. The van der Waals surface area contributed by atoms with Crippen LogP contribution in [0.15, 0.2) is 39.9 Å². The van der Waals surface area contributed by atoms with Crippen LogP contribution in [0.25, 0.3) is 0 Å². The Morgan fingerprint density at radius 3 is 2.74 bits per heavy atom. The molecule has 3 heterocycles. The molecule has 7 heteroatoms. The zero-order valence-electron chi connectivity index (χ0n) is 12.9. The number of hydrogen-bond donors (Lipinski definition) is 1. The lowest BCUT2D eigenvalue weighted by atomic mass is 10.2. The second-order valence-electron chi connectivity index (χ2n) is 5.44. The van der Waals surface area contributed by atoms with Crippen molar-refractivity contribution in [2.24, 2.45) is 0 Å². The Morgan fingerprint density at radius 2 is 2.13 bits per heavy atom. The second kappa shape index (κ2) is 6.70. The maximum Gasteiger partial charge on any atom is 0.289 e. The SMILES string of the molecule is COc1c[nH]c(CN2CCN(C(=O)c3ccco3)CC2)cc1=O. The van der Waals surface area contributed by atoms with Crippen LogP contribution in [0.5, 0.6) is 5.75 Å². The van der Waals surface area contributed by atoms with E-state index in [4.69, 9.17) is 9.15 Å². The number of aromatic amines is 1. The Bertz CT molecular complexity index is 715. The van der Waals surface area contributed by atoms with Crippen LogP contribution in [0.4, 0.5) is 0 Å². The van der Waals surface area contributed by atoms with Crippen molar-refractivity contribution in [2.45, 2.75) is 6.54 Å². The van der Waals surface area contributed by atoms with Crippen molar-refractivity contribution >= 4 is 5.91 Å². The van der Waals surface area contributed by atoms with E-state index in [0.29, 0.717) is 31.1 Å². The molecule has 2 aromatic heterocycles. The highest BCUT2D eigenvalue weighted by atomic mass is 16.5. The van der Waals surface area contributed by atoms with E-state index in [0.717, 1.165) is 18.8 Å². The molecule has 0 radical (unpaired) electrons.